The molecular weight excluding hydrogens is 316 g/mol. The van der Waals surface area contributed by atoms with E-state index in [0.29, 0.717) is 12.6 Å². The Labute approximate surface area is 138 Å². The van der Waals surface area contributed by atoms with Gasteiger partial charge in [0, 0.05) is 24.4 Å². The summed E-state index contributed by atoms with van der Waals surface area (Å²) >= 11 is 0. The van der Waals surface area contributed by atoms with Gasteiger partial charge in [-0.1, -0.05) is 13.8 Å². The number of carbonyl (C=O) groups is 2. The molecule has 5 nitrogen and oxygen atoms in total. The fraction of sp³-hybridized carbons (Fsp3) is 0.235. The molecule has 0 spiro atoms. The van der Waals surface area contributed by atoms with E-state index in [2.05, 4.69) is 15.6 Å². The molecular formula is C17H17F2N3O2. The van der Waals surface area contributed by atoms with Crippen LogP contribution >= 0.6 is 0 Å². The highest BCUT2D eigenvalue weighted by atomic mass is 19.1. The number of amides is 2. The minimum absolute atomic E-state index is 0.0860. The van der Waals surface area contributed by atoms with Crippen LogP contribution in [0.5, 0.6) is 0 Å². The second kappa shape index (κ2) is 7.63. The zero-order chi connectivity index (χ0) is 17.7. The van der Waals surface area contributed by atoms with Crippen LogP contribution in [0.15, 0.2) is 36.5 Å². The van der Waals surface area contributed by atoms with Crippen molar-refractivity contribution >= 4 is 17.5 Å². The van der Waals surface area contributed by atoms with Crippen LogP contribution in [0.25, 0.3) is 0 Å². The summed E-state index contributed by atoms with van der Waals surface area (Å²) in [6, 6.07) is 5.55. The molecule has 126 valence electrons. The minimum atomic E-state index is -0.882. The summed E-state index contributed by atoms with van der Waals surface area (Å²) in [6.45, 7) is 4.39. The third-order valence-corrected chi connectivity index (χ3v) is 3.10. The largest absolute Gasteiger partial charge is 0.350 e. The van der Waals surface area contributed by atoms with E-state index >= 15 is 0 Å². The molecule has 1 aromatic carbocycles. The van der Waals surface area contributed by atoms with Crippen molar-refractivity contribution in [2.45, 2.75) is 13.8 Å². The van der Waals surface area contributed by atoms with Gasteiger partial charge in [-0.3, -0.25) is 14.6 Å². The molecule has 1 aromatic heterocycles. The number of benzene rings is 1. The highest BCUT2D eigenvalue weighted by Gasteiger charge is 2.14. The summed E-state index contributed by atoms with van der Waals surface area (Å²) in [5.74, 6) is -2.36. The monoisotopic (exact) mass is 333 g/mol. The molecule has 2 rings (SSSR count). The van der Waals surface area contributed by atoms with E-state index in [-0.39, 0.29) is 22.9 Å². The van der Waals surface area contributed by atoms with E-state index in [4.69, 9.17) is 0 Å². The summed E-state index contributed by atoms with van der Waals surface area (Å²) in [5, 5.41) is 5.02. The standard InChI is InChI=1S/C17H17F2N3O2/c1-10(2)9-21-17(24)15-7-11(5-6-20-15)16(23)22-14-4-3-12(18)8-13(14)19/h3-8,10H,9H2,1-2H3,(H,21,24)(H,22,23). The van der Waals surface area contributed by atoms with Gasteiger partial charge in [0.25, 0.3) is 11.8 Å². The van der Waals surface area contributed by atoms with Crippen LogP contribution in [0.4, 0.5) is 14.5 Å². The van der Waals surface area contributed by atoms with Crippen molar-refractivity contribution in [1.29, 1.82) is 0 Å². The van der Waals surface area contributed by atoms with Crippen LogP contribution in [-0.2, 0) is 0 Å². The van der Waals surface area contributed by atoms with Crippen LogP contribution in [0.1, 0.15) is 34.7 Å². The maximum atomic E-state index is 13.6. The van der Waals surface area contributed by atoms with Crippen molar-refractivity contribution < 1.29 is 18.4 Å². The maximum Gasteiger partial charge on any atom is 0.269 e. The molecule has 0 atom stereocenters. The van der Waals surface area contributed by atoms with Gasteiger partial charge in [-0.15, -0.1) is 0 Å². The smallest absolute Gasteiger partial charge is 0.269 e. The normalized spacial score (nSPS) is 10.5. The SMILES string of the molecule is CC(C)CNC(=O)c1cc(C(=O)Nc2ccc(F)cc2F)ccn1. The van der Waals surface area contributed by atoms with Gasteiger partial charge in [0.1, 0.15) is 17.3 Å². The van der Waals surface area contributed by atoms with E-state index < -0.39 is 23.4 Å². The Hall–Kier alpha value is -2.83. The molecule has 0 fully saturated rings. The first-order chi connectivity index (χ1) is 11.4. The third-order valence-electron chi connectivity index (χ3n) is 3.10. The van der Waals surface area contributed by atoms with Crippen molar-refractivity contribution in [1.82, 2.24) is 10.3 Å². The number of pyridine rings is 1. The topological polar surface area (TPSA) is 71.1 Å². The molecule has 24 heavy (non-hydrogen) atoms. The van der Waals surface area contributed by atoms with Crippen LogP contribution in [0.2, 0.25) is 0 Å². The van der Waals surface area contributed by atoms with Gasteiger partial charge in [0.2, 0.25) is 0 Å². The molecule has 2 N–H and O–H groups in total. The molecule has 0 aliphatic carbocycles. The Morgan fingerprint density at radius 2 is 1.88 bits per heavy atom. The predicted molar refractivity (Wildman–Crippen MR) is 85.7 cm³/mol. The number of halogens is 2. The van der Waals surface area contributed by atoms with Crippen molar-refractivity contribution in [2.75, 3.05) is 11.9 Å². The van der Waals surface area contributed by atoms with E-state index in [1.165, 1.54) is 18.3 Å². The molecule has 0 radical (unpaired) electrons. The number of rotatable bonds is 5. The lowest BCUT2D eigenvalue weighted by molar-refractivity contribution is 0.0944. The Bertz CT molecular complexity index is 763. The van der Waals surface area contributed by atoms with Gasteiger partial charge >= 0.3 is 0 Å². The van der Waals surface area contributed by atoms with E-state index in [1.54, 1.807) is 0 Å². The van der Waals surface area contributed by atoms with Crippen LogP contribution < -0.4 is 10.6 Å². The zero-order valence-electron chi connectivity index (χ0n) is 13.3. The first-order valence-corrected chi connectivity index (χ1v) is 7.37. The molecule has 0 saturated heterocycles. The van der Waals surface area contributed by atoms with Crippen molar-refractivity contribution in [3.05, 3.63) is 59.4 Å². The average Bonchev–Trinajstić information content (AvgIpc) is 2.55. The fourth-order valence-corrected chi connectivity index (χ4v) is 1.87. The second-order valence-electron chi connectivity index (χ2n) is 5.61. The molecule has 0 unspecified atom stereocenters. The van der Waals surface area contributed by atoms with E-state index in [0.717, 1.165) is 12.1 Å². The lowest BCUT2D eigenvalue weighted by atomic mass is 10.2. The quantitative estimate of drug-likeness (QED) is 0.883. The second-order valence-corrected chi connectivity index (χ2v) is 5.61. The van der Waals surface area contributed by atoms with Gasteiger partial charge in [-0.05, 0) is 30.2 Å². The molecule has 7 heteroatoms. The first-order valence-electron chi connectivity index (χ1n) is 7.37. The van der Waals surface area contributed by atoms with Crippen molar-refractivity contribution in [2.24, 2.45) is 5.92 Å². The number of nitrogens with one attached hydrogen (secondary N) is 2. The number of hydrogen-bond donors (Lipinski definition) is 2. The number of anilines is 1. The third kappa shape index (κ3) is 4.58. The molecule has 0 aliphatic rings. The lowest BCUT2D eigenvalue weighted by Crippen LogP contribution is -2.28. The summed E-state index contributed by atoms with van der Waals surface area (Å²) in [5.41, 5.74) is 0.0790. The first kappa shape index (κ1) is 17.5. The van der Waals surface area contributed by atoms with Gasteiger partial charge < -0.3 is 10.6 Å². The minimum Gasteiger partial charge on any atom is -0.350 e. The lowest BCUT2D eigenvalue weighted by Gasteiger charge is -2.09. The average molecular weight is 333 g/mol. The van der Waals surface area contributed by atoms with Gasteiger partial charge in [0.15, 0.2) is 0 Å². The number of nitrogens with zero attached hydrogens (tertiary/aromatic N) is 1. The molecule has 2 aromatic rings. The summed E-state index contributed by atoms with van der Waals surface area (Å²) < 4.78 is 26.5. The number of aromatic nitrogens is 1. The van der Waals surface area contributed by atoms with Crippen LogP contribution in [-0.4, -0.2) is 23.3 Å². The molecule has 0 aliphatic heterocycles. The molecule has 2 amide bonds. The molecule has 1 heterocycles. The predicted octanol–water partition coefficient (Wildman–Crippen LogP) is 3.00. The Kier molecular flexibility index (Phi) is 5.57. The number of hydrogen-bond acceptors (Lipinski definition) is 3. The Balaban J connectivity index is 2.12. The summed E-state index contributed by atoms with van der Waals surface area (Å²) in [7, 11) is 0. The number of carbonyl (C=O) groups excluding carboxylic acids is 2. The van der Waals surface area contributed by atoms with E-state index in [9.17, 15) is 18.4 Å². The Morgan fingerprint density at radius 3 is 2.54 bits per heavy atom. The zero-order valence-corrected chi connectivity index (χ0v) is 13.3. The molecule has 0 saturated carbocycles. The highest BCUT2D eigenvalue weighted by Crippen LogP contribution is 2.16. The highest BCUT2D eigenvalue weighted by molar-refractivity contribution is 6.05. The van der Waals surface area contributed by atoms with Crippen LogP contribution in [0, 0.1) is 17.6 Å². The Morgan fingerprint density at radius 1 is 1.12 bits per heavy atom. The maximum absolute atomic E-state index is 13.6. The molecule has 0 bridgehead atoms. The summed E-state index contributed by atoms with van der Waals surface area (Å²) in [4.78, 5) is 28.0. The van der Waals surface area contributed by atoms with Crippen molar-refractivity contribution in [3.63, 3.8) is 0 Å². The van der Waals surface area contributed by atoms with Gasteiger partial charge in [-0.2, -0.15) is 0 Å². The van der Waals surface area contributed by atoms with Crippen molar-refractivity contribution in [3.8, 4) is 0 Å². The van der Waals surface area contributed by atoms with Gasteiger partial charge in [0.05, 0.1) is 5.69 Å². The van der Waals surface area contributed by atoms with E-state index in [1.807, 2.05) is 13.8 Å². The summed E-state index contributed by atoms with van der Waals surface area (Å²) in [6.07, 6.45) is 1.32. The van der Waals surface area contributed by atoms with Gasteiger partial charge in [-0.25, -0.2) is 8.78 Å². The van der Waals surface area contributed by atoms with Crippen LogP contribution in [0.3, 0.4) is 0 Å². The fourth-order valence-electron chi connectivity index (χ4n) is 1.87.